The number of aryl methyl sites for hydroxylation is 1. The summed E-state index contributed by atoms with van der Waals surface area (Å²) in [4.78, 5) is 25.5. The van der Waals surface area contributed by atoms with Crippen LogP contribution in [-0.2, 0) is 13.0 Å². The van der Waals surface area contributed by atoms with Crippen LogP contribution in [0.4, 0.5) is 0 Å². The number of rotatable bonds is 9. The lowest BCUT2D eigenvalue weighted by atomic mass is 10.0. The zero-order valence-corrected chi connectivity index (χ0v) is 19.0. The van der Waals surface area contributed by atoms with Crippen molar-refractivity contribution < 1.29 is 4.79 Å². The highest BCUT2D eigenvalue weighted by atomic mass is 16.2. The molecule has 4 aromatic rings. The van der Waals surface area contributed by atoms with Crippen LogP contribution < -0.4 is 5.69 Å². The fourth-order valence-electron chi connectivity index (χ4n) is 3.94. The average Bonchev–Trinajstić information content (AvgIpc) is 3.48. The molecule has 170 valence electrons. The summed E-state index contributed by atoms with van der Waals surface area (Å²) in [5.41, 5.74) is 4.55. The minimum Gasteiger partial charge on any atom is -0.292 e. The molecule has 2 aromatic carbocycles. The molecule has 0 atom stereocenters. The van der Waals surface area contributed by atoms with Gasteiger partial charge in [0.25, 0.3) is 0 Å². The Balaban J connectivity index is 1.61. The Kier molecular flexibility index (Phi) is 6.92. The van der Waals surface area contributed by atoms with E-state index in [0.717, 1.165) is 53.8 Å². The van der Waals surface area contributed by atoms with Crippen LogP contribution >= 0.6 is 0 Å². The van der Waals surface area contributed by atoms with E-state index in [1.54, 1.807) is 21.8 Å². The molecule has 0 aliphatic carbocycles. The normalized spacial score (nSPS) is 11.1. The van der Waals surface area contributed by atoms with Crippen LogP contribution in [0.1, 0.15) is 55.6 Å². The fourth-order valence-corrected chi connectivity index (χ4v) is 3.94. The summed E-state index contributed by atoms with van der Waals surface area (Å²) in [5.74, 6) is -0.132. The van der Waals surface area contributed by atoms with E-state index < -0.39 is 0 Å². The van der Waals surface area contributed by atoms with Crippen molar-refractivity contribution in [3.63, 3.8) is 0 Å². The standard InChI is InChI=1S/C25H28N6O2/c1-3-5-11-24(32)30-17-21(8-4-2)29(25(30)33)16-19-12-14-20(15-13-19)22-9-6-7-10-23(22)31-18-26-27-28-31/h6-7,9-10,12-15,17-18H,3-5,8,11,16H2,1-2H3. The van der Waals surface area contributed by atoms with Crippen LogP contribution in [0.3, 0.4) is 0 Å². The van der Waals surface area contributed by atoms with Gasteiger partial charge < -0.3 is 0 Å². The van der Waals surface area contributed by atoms with E-state index in [1.165, 1.54) is 4.57 Å². The quantitative estimate of drug-likeness (QED) is 0.387. The molecular weight excluding hydrogens is 416 g/mol. The van der Waals surface area contributed by atoms with E-state index >= 15 is 0 Å². The molecule has 0 fully saturated rings. The van der Waals surface area contributed by atoms with E-state index in [-0.39, 0.29) is 11.6 Å². The first-order chi connectivity index (χ1) is 16.1. The molecule has 8 heteroatoms. The van der Waals surface area contributed by atoms with Gasteiger partial charge in [-0.05, 0) is 40.5 Å². The van der Waals surface area contributed by atoms with Crippen LogP contribution in [0.25, 0.3) is 16.8 Å². The molecule has 0 saturated carbocycles. The number of benzene rings is 2. The maximum absolute atomic E-state index is 13.0. The third kappa shape index (κ3) is 4.84. The first kappa shape index (κ1) is 22.4. The van der Waals surface area contributed by atoms with Crippen LogP contribution in [0.5, 0.6) is 0 Å². The number of hydrogen-bond acceptors (Lipinski definition) is 5. The summed E-state index contributed by atoms with van der Waals surface area (Å²) in [6.07, 6.45) is 7.04. The maximum atomic E-state index is 13.0. The number of para-hydroxylation sites is 1. The zero-order chi connectivity index (χ0) is 23.2. The van der Waals surface area contributed by atoms with Crippen molar-refractivity contribution in [3.05, 3.63) is 82.8 Å². The molecule has 0 N–H and O–H groups in total. The Labute approximate surface area is 192 Å². The van der Waals surface area contributed by atoms with Crippen LogP contribution in [0, 0.1) is 0 Å². The summed E-state index contributed by atoms with van der Waals surface area (Å²) in [5, 5.41) is 11.5. The van der Waals surface area contributed by atoms with E-state index in [1.807, 2.05) is 55.5 Å². The lowest BCUT2D eigenvalue weighted by Crippen LogP contribution is -2.29. The number of nitrogens with zero attached hydrogens (tertiary/aromatic N) is 6. The van der Waals surface area contributed by atoms with Gasteiger partial charge in [0.05, 0.1) is 12.2 Å². The number of hydrogen-bond donors (Lipinski definition) is 0. The van der Waals surface area contributed by atoms with Crippen molar-refractivity contribution >= 4 is 5.91 Å². The number of unbranched alkanes of at least 4 members (excludes halogenated alkanes) is 1. The summed E-state index contributed by atoms with van der Waals surface area (Å²) in [7, 11) is 0. The molecule has 33 heavy (non-hydrogen) atoms. The second-order valence-electron chi connectivity index (χ2n) is 8.07. The first-order valence-corrected chi connectivity index (χ1v) is 11.4. The number of tetrazole rings is 1. The van der Waals surface area contributed by atoms with Gasteiger partial charge in [-0.15, -0.1) is 5.10 Å². The molecule has 0 unspecified atom stereocenters. The Bertz CT molecular complexity index is 1270. The molecule has 0 amide bonds. The number of aromatic nitrogens is 6. The third-order valence-corrected chi connectivity index (χ3v) is 5.69. The van der Waals surface area contributed by atoms with Gasteiger partial charge in [0.15, 0.2) is 0 Å². The highest BCUT2D eigenvalue weighted by Gasteiger charge is 2.16. The third-order valence-electron chi connectivity index (χ3n) is 5.69. The van der Waals surface area contributed by atoms with Crippen LogP contribution in [-0.4, -0.2) is 35.2 Å². The molecule has 0 bridgehead atoms. The lowest BCUT2D eigenvalue weighted by molar-refractivity contribution is 0.0894. The minimum atomic E-state index is -0.257. The maximum Gasteiger partial charge on any atom is 0.335 e. The Hall–Kier alpha value is -3.81. The van der Waals surface area contributed by atoms with Gasteiger partial charge in [-0.2, -0.15) is 4.68 Å². The van der Waals surface area contributed by atoms with Crippen LogP contribution in [0.15, 0.2) is 65.8 Å². The molecule has 2 aromatic heterocycles. The highest BCUT2D eigenvalue weighted by Crippen LogP contribution is 2.26. The molecule has 0 radical (unpaired) electrons. The van der Waals surface area contributed by atoms with Crippen LogP contribution in [0.2, 0.25) is 0 Å². The van der Waals surface area contributed by atoms with Gasteiger partial charge >= 0.3 is 5.69 Å². The molecule has 0 saturated heterocycles. The number of carbonyl (C=O) groups excluding carboxylic acids is 1. The van der Waals surface area contributed by atoms with Crippen molar-refractivity contribution in [2.45, 2.75) is 52.5 Å². The lowest BCUT2D eigenvalue weighted by Gasteiger charge is -2.10. The van der Waals surface area contributed by atoms with Gasteiger partial charge in [0.1, 0.15) is 6.33 Å². The molecule has 4 rings (SSSR count). The average molecular weight is 445 g/mol. The highest BCUT2D eigenvalue weighted by molar-refractivity contribution is 5.78. The van der Waals surface area contributed by atoms with Crippen molar-refractivity contribution in [1.29, 1.82) is 0 Å². The summed E-state index contributed by atoms with van der Waals surface area (Å²) in [6, 6.07) is 16.0. The van der Waals surface area contributed by atoms with Crippen molar-refractivity contribution in [2.75, 3.05) is 0 Å². The summed E-state index contributed by atoms with van der Waals surface area (Å²) < 4.78 is 4.65. The Morgan fingerprint density at radius 3 is 2.48 bits per heavy atom. The van der Waals surface area contributed by atoms with Gasteiger partial charge in [-0.3, -0.25) is 9.36 Å². The summed E-state index contributed by atoms with van der Waals surface area (Å²) >= 11 is 0. The first-order valence-electron chi connectivity index (χ1n) is 11.4. The van der Waals surface area contributed by atoms with E-state index in [0.29, 0.717) is 13.0 Å². The smallest absolute Gasteiger partial charge is 0.292 e. The van der Waals surface area contributed by atoms with Gasteiger partial charge in [-0.25, -0.2) is 9.36 Å². The Morgan fingerprint density at radius 1 is 1.00 bits per heavy atom. The van der Waals surface area contributed by atoms with E-state index in [9.17, 15) is 9.59 Å². The topological polar surface area (TPSA) is 87.6 Å². The molecular formula is C25H28N6O2. The summed E-state index contributed by atoms with van der Waals surface area (Å²) in [6.45, 7) is 4.54. The SMILES string of the molecule is CCCCC(=O)n1cc(CCC)n(Cc2ccc(-c3ccccc3-n3cnnn3)cc2)c1=O. The monoisotopic (exact) mass is 444 g/mol. The Morgan fingerprint density at radius 2 is 1.79 bits per heavy atom. The van der Waals surface area contributed by atoms with E-state index in [2.05, 4.69) is 22.4 Å². The van der Waals surface area contributed by atoms with Gasteiger partial charge in [-0.1, -0.05) is 69.2 Å². The van der Waals surface area contributed by atoms with Crippen molar-refractivity contribution in [2.24, 2.45) is 0 Å². The van der Waals surface area contributed by atoms with Crippen molar-refractivity contribution in [3.8, 4) is 16.8 Å². The van der Waals surface area contributed by atoms with E-state index in [4.69, 9.17) is 0 Å². The van der Waals surface area contributed by atoms with Gasteiger partial charge in [0.2, 0.25) is 5.91 Å². The number of imidazole rings is 1. The molecule has 0 spiro atoms. The predicted molar refractivity (Wildman–Crippen MR) is 127 cm³/mol. The largest absolute Gasteiger partial charge is 0.335 e. The molecule has 0 aliphatic heterocycles. The van der Waals surface area contributed by atoms with Gasteiger partial charge in [0, 0.05) is 23.9 Å². The fraction of sp³-hybridized carbons (Fsp3) is 0.320. The minimum absolute atomic E-state index is 0.132. The molecule has 2 heterocycles. The zero-order valence-electron chi connectivity index (χ0n) is 19.0. The number of carbonyl (C=O) groups is 1. The second-order valence-corrected chi connectivity index (χ2v) is 8.07. The predicted octanol–water partition coefficient (Wildman–Crippen LogP) is 4.12. The van der Waals surface area contributed by atoms with Crippen molar-refractivity contribution in [1.82, 2.24) is 29.3 Å². The molecule has 0 aliphatic rings. The second kappa shape index (κ2) is 10.2. The molecule has 8 nitrogen and oxygen atoms in total.